The molecule has 5 atom stereocenters. The second-order valence-electron chi connectivity index (χ2n) is 13.1. The molecule has 2 aliphatic heterocycles. The van der Waals surface area contributed by atoms with Crippen LogP contribution < -0.4 is 29.0 Å². The predicted octanol–water partition coefficient (Wildman–Crippen LogP) is 2.82. The third kappa shape index (κ3) is 6.07. The number of carbonyl (C=O) groups is 3. The van der Waals surface area contributed by atoms with Crippen LogP contribution in [0.15, 0.2) is 30.4 Å². The lowest BCUT2D eigenvalue weighted by Gasteiger charge is -2.26. The van der Waals surface area contributed by atoms with Crippen molar-refractivity contribution in [1.82, 2.24) is 19.9 Å². The van der Waals surface area contributed by atoms with Crippen LogP contribution in [0.4, 0.5) is 0 Å². The Hall–Kier alpha value is -4.07. The van der Waals surface area contributed by atoms with Crippen LogP contribution in [-0.4, -0.2) is 79.9 Å². The number of hydrogen-bond donors (Lipinski definition) is 2. The summed E-state index contributed by atoms with van der Waals surface area (Å²) in [7, 11) is -2.07. The van der Waals surface area contributed by atoms with Gasteiger partial charge in [0.1, 0.15) is 22.9 Å². The van der Waals surface area contributed by atoms with Gasteiger partial charge in [0.05, 0.1) is 23.7 Å². The summed E-state index contributed by atoms with van der Waals surface area (Å²) in [6, 6.07) is 5.31. The van der Waals surface area contributed by atoms with Gasteiger partial charge in [-0.3, -0.25) is 19.1 Å². The molecule has 0 spiro atoms. The summed E-state index contributed by atoms with van der Waals surface area (Å²) in [6.45, 7) is 2.86. The van der Waals surface area contributed by atoms with Crippen molar-refractivity contribution in [1.29, 1.82) is 0 Å². The highest BCUT2D eigenvalue weighted by Crippen LogP contribution is 2.48. The van der Waals surface area contributed by atoms with Gasteiger partial charge in [-0.1, -0.05) is 12.2 Å². The fourth-order valence-electron chi connectivity index (χ4n) is 6.99. The average molecular weight is 669 g/mol. The molecule has 7 rings (SSSR count). The Morgan fingerprint density at radius 1 is 1.17 bits per heavy atom. The van der Waals surface area contributed by atoms with Crippen molar-refractivity contribution in [3.8, 4) is 23.1 Å². The summed E-state index contributed by atoms with van der Waals surface area (Å²) in [5.74, 6) is -1.33. The monoisotopic (exact) mass is 668 g/mol. The van der Waals surface area contributed by atoms with E-state index < -0.39 is 50.6 Å². The number of benzene rings is 1. The van der Waals surface area contributed by atoms with E-state index in [0.29, 0.717) is 60.0 Å². The summed E-state index contributed by atoms with van der Waals surface area (Å²) in [6.07, 6.45) is 7.51. The zero-order valence-electron chi connectivity index (χ0n) is 26.5. The van der Waals surface area contributed by atoms with E-state index in [1.54, 1.807) is 24.1 Å². The minimum absolute atomic E-state index is 0.0740. The number of allylic oxidation sites excluding steroid dienone is 1. The Bertz CT molecular complexity index is 1740. The zero-order valence-corrected chi connectivity index (χ0v) is 27.3. The lowest BCUT2D eigenvalue weighted by molar-refractivity contribution is -0.140. The first kappa shape index (κ1) is 31.5. The molecule has 3 amide bonds. The molecule has 47 heavy (non-hydrogen) atoms. The fourth-order valence-corrected chi connectivity index (χ4v) is 8.35. The van der Waals surface area contributed by atoms with E-state index in [-0.39, 0.29) is 37.9 Å². The van der Waals surface area contributed by atoms with Gasteiger partial charge < -0.3 is 29.2 Å². The molecule has 0 saturated heterocycles. The van der Waals surface area contributed by atoms with Crippen LogP contribution in [0.2, 0.25) is 0 Å². The molecule has 3 heterocycles. The maximum Gasteiger partial charge on any atom is 0.259 e. The maximum atomic E-state index is 14.1. The molecule has 252 valence electrons. The van der Waals surface area contributed by atoms with E-state index in [1.807, 2.05) is 25.1 Å². The molecule has 0 unspecified atom stereocenters. The Labute approximate surface area is 273 Å². The summed E-state index contributed by atoms with van der Waals surface area (Å²) in [4.78, 5) is 47.8. The van der Waals surface area contributed by atoms with Crippen molar-refractivity contribution < 1.29 is 41.7 Å². The number of rotatable bonds is 7. The fraction of sp³-hybridized carbons (Fsp3) is 0.576. The summed E-state index contributed by atoms with van der Waals surface area (Å²) < 4.78 is 51.1. The van der Waals surface area contributed by atoms with Gasteiger partial charge in [-0.15, -0.1) is 0 Å². The molecule has 2 aromatic rings. The number of carbonyl (C=O) groups excluding carboxylic acids is 3. The van der Waals surface area contributed by atoms with Gasteiger partial charge in [-0.25, -0.2) is 13.4 Å². The van der Waals surface area contributed by atoms with Gasteiger partial charge in [0.15, 0.2) is 11.5 Å². The van der Waals surface area contributed by atoms with Crippen LogP contribution in [0.5, 0.6) is 23.1 Å². The molecule has 0 radical (unpaired) electrons. The zero-order chi connectivity index (χ0) is 32.9. The average Bonchev–Trinajstić information content (AvgIpc) is 3.91. The first-order valence-corrected chi connectivity index (χ1v) is 18.0. The van der Waals surface area contributed by atoms with Crippen LogP contribution in [-0.2, 0) is 24.4 Å². The highest BCUT2D eigenvalue weighted by molar-refractivity contribution is 7.91. The number of sulfonamides is 1. The van der Waals surface area contributed by atoms with Crippen LogP contribution >= 0.6 is 0 Å². The van der Waals surface area contributed by atoms with E-state index >= 15 is 0 Å². The number of nitrogens with one attached hydrogen (secondary N) is 2. The third-order valence-electron chi connectivity index (χ3n) is 9.84. The molecule has 13 nitrogen and oxygen atoms in total. The Morgan fingerprint density at radius 3 is 2.77 bits per heavy atom. The number of ether oxygens (including phenoxy) is 4. The van der Waals surface area contributed by atoms with Crippen molar-refractivity contribution in [3.05, 3.63) is 30.4 Å². The SMILES string of the molecule is CCOc1cc(O[C@@H]2C[C@H]3C(=O)N[C@@]4(C(=O)NS(=O)(=O)C5CC5)C[C@H]4/C=C\CCCCN(C)C(=O)[C@@H]3C2)c2ccc3c(c2n1)OCO3. The lowest BCUT2D eigenvalue weighted by atomic mass is 9.93. The third-order valence-corrected chi connectivity index (χ3v) is 11.7. The first-order chi connectivity index (χ1) is 22.6. The maximum absolute atomic E-state index is 14.1. The number of nitrogens with zero attached hydrogens (tertiary/aromatic N) is 2. The summed E-state index contributed by atoms with van der Waals surface area (Å²) in [5.41, 5.74) is -0.873. The van der Waals surface area contributed by atoms with Gasteiger partial charge in [0.2, 0.25) is 34.5 Å². The largest absolute Gasteiger partial charge is 0.489 e. The van der Waals surface area contributed by atoms with Crippen molar-refractivity contribution in [2.45, 2.75) is 75.2 Å². The van der Waals surface area contributed by atoms with Crippen molar-refractivity contribution >= 4 is 38.6 Å². The van der Waals surface area contributed by atoms with Gasteiger partial charge >= 0.3 is 0 Å². The lowest BCUT2D eigenvalue weighted by Crippen LogP contribution is -2.54. The molecule has 0 bridgehead atoms. The quantitative estimate of drug-likeness (QED) is 0.420. The number of pyridine rings is 1. The Morgan fingerprint density at radius 2 is 1.98 bits per heavy atom. The second-order valence-corrected chi connectivity index (χ2v) is 15.1. The molecule has 3 aliphatic carbocycles. The molecule has 3 saturated carbocycles. The van der Waals surface area contributed by atoms with Gasteiger partial charge in [-0.05, 0) is 70.4 Å². The summed E-state index contributed by atoms with van der Waals surface area (Å²) in [5, 5.41) is 3.01. The normalized spacial score (nSPS) is 29.7. The number of hydrogen-bond acceptors (Lipinski definition) is 10. The van der Waals surface area contributed by atoms with E-state index in [4.69, 9.17) is 18.9 Å². The summed E-state index contributed by atoms with van der Waals surface area (Å²) >= 11 is 0. The highest BCUT2D eigenvalue weighted by atomic mass is 32.2. The van der Waals surface area contributed by atoms with Crippen molar-refractivity contribution in [3.63, 3.8) is 0 Å². The van der Waals surface area contributed by atoms with E-state index in [2.05, 4.69) is 15.0 Å². The molecular formula is C33H40N4O9S. The predicted molar refractivity (Wildman–Crippen MR) is 169 cm³/mol. The van der Waals surface area contributed by atoms with E-state index in [9.17, 15) is 22.8 Å². The number of amides is 3. The minimum Gasteiger partial charge on any atom is -0.489 e. The van der Waals surface area contributed by atoms with Crippen LogP contribution in [0.25, 0.3) is 10.9 Å². The Kier molecular flexibility index (Phi) is 8.17. The molecule has 3 fully saturated rings. The Balaban J connectivity index is 1.18. The van der Waals surface area contributed by atoms with Crippen LogP contribution in [0.1, 0.15) is 58.3 Å². The van der Waals surface area contributed by atoms with Gasteiger partial charge in [-0.2, -0.15) is 0 Å². The smallest absolute Gasteiger partial charge is 0.259 e. The molecule has 14 heteroatoms. The van der Waals surface area contributed by atoms with Crippen molar-refractivity contribution in [2.24, 2.45) is 17.8 Å². The number of fused-ring (bicyclic) bond motifs is 5. The first-order valence-electron chi connectivity index (χ1n) is 16.4. The standard InChI is InChI=1S/C33H40N4O9S/c1-3-43-27-16-26(22-11-12-25-29(28(22)34-27)45-18-44-25)46-20-14-23-24(15-20)31(39)37(2)13-7-5-4-6-8-19-17-33(19,35-30(23)38)32(40)36-47(41,42)21-9-10-21/h6,8,11-12,16,19-21,23-24H,3-5,7,9-10,13-15,17-18H2,1-2H3,(H,35,38)(H,36,40)/b8-6-/t19-,20-,23-,24-,33+/m1/s1. The van der Waals surface area contributed by atoms with Gasteiger partial charge in [0, 0.05) is 31.0 Å². The van der Waals surface area contributed by atoms with Crippen molar-refractivity contribution in [2.75, 3.05) is 27.0 Å². The topological polar surface area (TPSA) is 162 Å². The molecule has 5 aliphatic rings. The highest BCUT2D eigenvalue weighted by Gasteiger charge is 2.62. The molecule has 1 aromatic carbocycles. The second kappa shape index (κ2) is 12.2. The molecular weight excluding hydrogens is 628 g/mol. The molecule has 1 aromatic heterocycles. The van der Waals surface area contributed by atoms with E-state index in [0.717, 1.165) is 19.3 Å². The van der Waals surface area contributed by atoms with Crippen LogP contribution in [0, 0.1) is 17.8 Å². The number of aromatic nitrogens is 1. The molecule has 2 N–H and O–H groups in total. The van der Waals surface area contributed by atoms with E-state index in [1.165, 1.54) is 0 Å². The minimum atomic E-state index is -3.82. The van der Waals surface area contributed by atoms with Crippen LogP contribution in [0.3, 0.4) is 0 Å². The van der Waals surface area contributed by atoms with Gasteiger partial charge in [0.25, 0.3) is 5.91 Å².